The van der Waals surface area contributed by atoms with Crippen molar-refractivity contribution in [2.75, 3.05) is 39.6 Å². The van der Waals surface area contributed by atoms with Gasteiger partial charge < -0.3 is 20.7 Å². The summed E-state index contributed by atoms with van der Waals surface area (Å²) in [5.41, 5.74) is 6.28. The molecule has 0 aliphatic carbocycles. The van der Waals surface area contributed by atoms with Gasteiger partial charge in [-0.2, -0.15) is 0 Å². The molecular formula is C14H20ClN3O3. The maximum Gasteiger partial charge on any atom is 0.256 e. The van der Waals surface area contributed by atoms with E-state index >= 15 is 0 Å². The minimum Gasteiger partial charge on any atom is -0.397 e. The quantitative estimate of drug-likeness (QED) is 0.584. The molecule has 7 heteroatoms. The molecule has 0 aliphatic heterocycles. The summed E-state index contributed by atoms with van der Waals surface area (Å²) in [5.74, 6) is -0.579. The molecule has 0 bridgehead atoms. The summed E-state index contributed by atoms with van der Waals surface area (Å²) in [5, 5.41) is 3.03. The molecule has 1 aromatic rings. The first-order valence-corrected chi connectivity index (χ1v) is 6.90. The van der Waals surface area contributed by atoms with Gasteiger partial charge in [0.25, 0.3) is 5.91 Å². The van der Waals surface area contributed by atoms with Crippen LogP contribution in [0.25, 0.3) is 0 Å². The number of nitrogens with one attached hydrogen (secondary N) is 1. The molecule has 21 heavy (non-hydrogen) atoms. The number of amides is 2. The fourth-order valence-corrected chi connectivity index (χ4v) is 1.89. The Morgan fingerprint density at radius 1 is 1.43 bits per heavy atom. The van der Waals surface area contributed by atoms with E-state index in [0.717, 1.165) is 6.42 Å². The number of nitrogens with zero attached hydrogens (tertiary/aromatic N) is 1. The summed E-state index contributed by atoms with van der Waals surface area (Å²) >= 11 is 5.88. The van der Waals surface area contributed by atoms with Crippen LogP contribution in [0.1, 0.15) is 16.8 Å². The topological polar surface area (TPSA) is 84.7 Å². The Labute approximate surface area is 129 Å². The summed E-state index contributed by atoms with van der Waals surface area (Å²) in [4.78, 5) is 25.2. The predicted octanol–water partition coefficient (Wildman–Crippen LogP) is 1.15. The second-order valence-corrected chi connectivity index (χ2v) is 4.97. The highest BCUT2D eigenvalue weighted by Gasteiger charge is 2.18. The molecule has 0 spiro atoms. The van der Waals surface area contributed by atoms with Crippen molar-refractivity contribution in [1.29, 1.82) is 0 Å². The van der Waals surface area contributed by atoms with E-state index in [9.17, 15) is 9.59 Å². The molecular weight excluding hydrogens is 294 g/mol. The molecule has 116 valence electrons. The van der Waals surface area contributed by atoms with Gasteiger partial charge in [-0.1, -0.05) is 17.7 Å². The zero-order valence-corrected chi connectivity index (χ0v) is 12.9. The van der Waals surface area contributed by atoms with Crippen molar-refractivity contribution in [3.8, 4) is 0 Å². The SMILES string of the molecule is COCCCNC(=O)CN(C)C(=O)c1cccc(Cl)c1N. The van der Waals surface area contributed by atoms with Crippen molar-refractivity contribution < 1.29 is 14.3 Å². The van der Waals surface area contributed by atoms with Gasteiger partial charge in [-0.15, -0.1) is 0 Å². The van der Waals surface area contributed by atoms with Crippen molar-refractivity contribution >= 4 is 29.1 Å². The van der Waals surface area contributed by atoms with Crippen molar-refractivity contribution in [2.24, 2.45) is 0 Å². The number of ether oxygens (including phenoxy) is 1. The molecule has 0 aromatic heterocycles. The lowest BCUT2D eigenvalue weighted by Gasteiger charge is -2.18. The van der Waals surface area contributed by atoms with E-state index in [2.05, 4.69) is 5.32 Å². The number of para-hydroxylation sites is 1. The second-order valence-electron chi connectivity index (χ2n) is 4.56. The molecule has 0 heterocycles. The number of benzene rings is 1. The number of nitrogens with two attached hydrogens (primary N) is 1. The van der Waals surface area contributed by atoms with Gasteiger partial charge in [0.1, 0.15) is 0 Å². The standard InChI is InChI=1S/C14H20ClN3O3/c1-18(9-12(19)17-7-4-8-21-2)14(20)10-5-3-6-11(15)13(10)16/h3,5-6H,4,7-9,16H2,1-2H3,(H,17,19). The number of likely N-dealkylation sites (N-methyl/N-ethyl adjacent to an activating group) is 1. The van der Waals surface area contributed by atoms with E-state index in [1.165, 1.54) is 11.9 Å². The van der Waals surface area contributed by atoms with Crippen molar-refractivity contribution in [3.05, 3.63) is 28.8 Å². The molecule has 0 aliphatic rings. The van der Waals surface area contributed by atoms with Crippen LogP contribution in [0.3, 0.4) is 0 Å². The number of halogens is 1. The first-order valence-electron chi connectivity index (χ1n) is 6.52. The van der Waals surface area contributed by atoms with Crippen molar-refractivity contribution in [2.45, 2.75) is 6.42 Å². The number of carbonyl (C=O) groups excluding carboxylic acids is 2. The minimum atomic E-state index is -0.345. The Morgan fingerprint density at radius 3 is 2.81 bits per heavy atom. The van der Waals surface area contributed by atoms with Crippen LogP contribution in [-0.4, -0.2) is 50.6 Å². The van der Waals surface area contributed by atoms with Gasteiger partial charge in [0, 0.05) is 27.3 Å². The van der Waals surface area contributed by atoms with Gasteiger partial charge in [-0.25, -0.2) is 0 Å². The fraction of sp³-hybridized carbons (Fsp3) is 0.429. The average Bonchev–Trinajstić information content (AvgIpc) is 2.45. The third-order valence-electron chi connectivity index (χ3n) is 2.86. The second kappa shape index (κ2) is 8.49. The molecule has 0 saturated heterocycles. The molecule has 3 N–H and O–H groups in total. The van der Waals surface area contributed by atoms with Crippen LogP contribution >= 0.6 is 11.6 Å². The minimum absolute atomic E-state index is 0.0439. The van der Waals surface area contributed by atoms with Crippen LogP contribution in [0.15, 0.2) is 18.2 Å². The molecule has 0 saturated carbocycles. The van der Waals surface area contributed by atoms with E-state index in [1.54, 1.807) is 25.3 Å². The number of anilines is 1. The highest BCUT2D eigenvalue weighted by Crippen LogP contribution is 2.23. The van der Waals surface area contributed by atoms with Gasteiger partial charge in [0.2, 0.25) is 5.91 Å². The van der Waals surface area contributed by atoms with Crippen molar-refractivity contribution in [1.82, 2.24) is 10.2 Å². The third-order valence-corrected chi connectivity index (χ3v) is 3.19. The van der Waals surface area contributed by atoms with Crippen molar-refractivity contribution in [3.63, 3.8) is 0 Å². The van der Waals surface area contributed by atoms with Gasteiger partial charge in [-0.3, -0.25) is 9.59 Å². The largest absolute Gasteiger partial charge is 0.397 e. The highest BCUT2D eigenvalue weighted by atomic mass is 35.5. The van der Waals surface area contributed by atoms with E-state index in [4.69, 9.17) is 22.1 Å². The number of hydrogen-bond acceptors (Lipinski definition) is 4. The summed E-state index contributed by atoms with van der Waals surface area (Å²) in [7, 11) is 3.14. The Kier molecular flexibility index (Phi) is 6.98. The third kappa shape index (κ3) is 5.24. The lowest BCUT2D eigenvalue weighted by molar-refractivity contribution is -0.121. The fourth-order valence-electron chi connectivity index (χ4n) is 1.72. The average molecular weight is 314 g/mol. The van der Waals surface area contributed by atoms with Crippen LogP contribution < -0.4 is 11.1 Å². The van der Waals surface area contributed by atoms with E-state index < -0.39 is 0 Å². The maximum atomic E-state index is 12.2. The molecule has 0 atom stereocenters. The van der Waals surface area contributed by atoms with Gasteiger partial charge in [0.15, 0.2) is 0 Å². The monoisotopic (exact) mass is 313 g/mol. The van der Waals surface area contributed by atoms with Gasteiger partial charge in [-0.05, 0) is 18.6 Å². The zero-order chi connectivity index (χ0) is 15.8. The maximum absolute atomic E-state index is 12.2. The molecule has 6 nitrogen and oxygen atoms in total. The summed E-state index contributed by atoms with van der Waals surface area (Å²) in [6.45, 7) is 1.04. The van der Waals surface area contributed by atoms with E-state index in [0.29, 0.717) is 18.2 Å². The molecule has 0 unspecified atom stereocenters. The molecule has 0 radical (unpaired) electrons. The Morgan fingerprint density at radius 2 is 2.14 bits per heavy atom. The molecule has 2 amide bonds. The first-order chi connectivity index (χ1) is 9.97. The van der Waals surface area contributed by atoms with Crippen LogP contribution in [0.2, 0.25) is 5.02 Å². The van der Waals surface area contributed by atoms with E-state index in [-0.39, 0.29) is 29.6 Å². The molecule has 1 rings (SSSR count). The van der Waals surface area contributed by atoms with E-state index in [1.807, 2.05) is 0 Å². The number of hydrogen-bond donors (Lipinski definition) is 2. The van der Waals surface area contributed by atoms with Gasteiger partial charge in [0.05, 0.1) is 22.8 Å². The number of carbonyl (C=O) groups is 2. The number of nitrogen functional groups attached to an aromatic ring is 1. The Hall–Kier alpha value is -1.79. The number of rotatable bonds is 7. The van der Waals surface area contributed by atoms with Crippen LogP contribution in [0.5, 0.6) is 0 Å². The number of methoxy groups -OCH3 is 1. The lowest BCUT2D eigenvalue weighted by atomic mass is 10.1. The molecule has 1 aromatic carbocycles. The Balaban J connectivity index is 2.55. The van der Waals surface area contributed by atoms with Crippen LogP contribution in [0.4, 0.5) is 5.69 Å². The summed E-state index contributed by atoms with van der Waals surface area (Å²) in [6, 6.07) is 4.83. The lowest BCUT2D eigenvalue weighted by Crippen LogP contribution is -2.39. The highest BCUT2D eigenvalue weighted by molar-refractivity contribution is 6.33. The Bertz CT molecular complexity index is 508. The summed E-state index contributed by atoms with van der Waals surface area (Å²) in [6.07, 6.45) is 0.723. The normalized spacial score (nSPS) is 10.2. The van der Waals surface area contributed by atoms with Crippen LogP contribution in [-0.2, 0) is 9.53 Å². The van der Waals surface area contributed by atoms with Crippen LogP contribution in [0, 0.1) is 0 Å². The molecule has 0 fully saturated rings. The predicted molar refractivity (Wildman–Crippen MR) is 82.3 cm³/mol. The van der Waals surface area contributed by atoms with Gasteiger partial charge >= 0.3 is 0 Å². The summed E-state index contributed by atoms with van der Waals surface area (Å²) < 4.78 is 4.88. The smallest absolute Gasteiger partial charge is 0.256 e. The zero-order valence-electron chi connectivity index (χ0n) is 12.2. The first kappa shape index (κ1) is 17.3.